The summed E-state index contributed by atoms with van der Waals surface area (Å²) in [5.74, 6) is -0.241. The zero-order valence-corrected chi connectivity index (χ0v) is 14.8. The number of thiazole rings is 1. The molecule has 1 fully saturated rings. The molecule has 0 spiro atoms. The molecule has 1 atom stereocenters. The minimum Gasteiger partial charge on any atom is -0.338 e. The highest BCUT2D eigenvalue weighted by Crippen LogP contribution is 2.19. The van der Waals surface area contributed by atoms with Gasteiger partial charge in [-0.25, -0.2) is 9.78 Å². The van der Waals surface area contributed by atoms with E-state index in [1.165, 1.54) is 16.9 Å². The molecular formula is C18H22N4O2S. The SMILES string of the molecule is O=C(Nc1nccs1)[C@@H]1CCCN(C(=O)NCCc2ccccc2)C1. The first-order valence-corrected chi connectivity index (χ1v) is 9.37. The van der Waals surface area contributed by atoms with Crippen molar-refractivity contribution in [3.05, 3.63) is 47.5 Å². The van der Waals surface area contributed by atoms with Crippen molar-refractivity contribution in [1.82, 2.24) is 15.2 Å². The van der Waals surface area contributed by atoms with E-state index >= 15 is 0 Å². The van der Waals surface area contributed by atoms with Gasteiger partial charge in [0.25, 0.3) is 0 Å². The average Bonchev–Trinajstić information content (AvgIpc) is 3.15. The van der Waals surface area contributed by atoms with Crippen LogP contribution in [-0.4, -0.2) is 41.5 Å². The van der Waals surface area contributed by atoms with Gasteiger partial charge in [0.2, 0.25) is 5.91 Å². The second kappa shape index (κ2) is 8.62. The van der Waals surface area contributed by atoms with Crippen molar-refractivity contribution < 1.29 is 9.59 Å². The molecule has 7 heteroatoms. The highest BCUT2D eigenvalue weighted by Gasteiger charge is 2.28. The van der Waals surface area contributed by atoms with E-state index < -0.39 is 0 Å². The van der Waals surface area contributed by atoms with Crippen LogP contribution >= 0.6 is 11.3 Å². The standard InChI is InChI=1S/C18H22N4O2S/c23-16(21-17-19-10-12-25-17)15-7-4-11-22(13-15)18(24)20-9-8-14-5-2-1-3-6-14/h1-3,5-6,10,12,15H,4,7-9,11,13H2,(H,20,24)(H,19,21,23)/t15-/m1/s1. The highest BCUT2D eigenvalue weighted by atomic mass is 32.1. The van der Waals surface area contributed by atoms with Crippen molar-refractivity contribution in [2.45, 2.75) is 19.3 Å². The van der Waals surface area contributed by atoms with E-state index in [-0.39, 0.29) is 17.9 Å². The van der Waals surface area contributed by atoms with Crippen molar-refractivity contribution in [2.75, 3.05) is 25.0 Å². The largest absolute Gasteiger partial charge is 0.338 e. The van der Waals surface area contributed by atoms with Crippen LogP contribution in [0.3, 0.4) is 0 Å². The topological polar surface area (TPSA) is 74.3 Å². The van der Waals surface area contributed by atoms with Crippen LogP contribution in [0.25, 0.3) is 0 Å². The zero-order chi connectivity index (χ0) is 17.5. The molecule has 2 aromatic rings. The number of benzene rings is 1. The van der Waals surface area contributed by atoms with E-state index in [0.29, 0.717) is 24.8 Å². The van der Waals surface area contributed by atoms with E-state index in [1.54, 1.807) is 11.1 Å². The summed E-state index contributed by atoms with van der Waals surface area (Å²) in [5, 5.41) is 8.21. The number of hydrogen-bond donors (Lipinski definition) is 2. The van der Waals surface area contributed by atoms with E-state index in [4.69, 9.17) is 0 Å². The lowest BCUT2D eigenvalue weighted by Crippen LogP contribution is -2.48. The normalized spacial score (nSPS) is 17.1. The fraction of sp³-hybridized carbons (Fsp3) is 0.389. The average molecular weight is 358 g/mol. The van der Waals surface area contributed by atoms with E-state index in [2.05, 4.69) is 15.6 Å². The van der Waals surface area contributed by atoms with Crippen molar-refractivity contribution >= 4 is 28.4 Å². The number of hydrogen-bond acceptors (Lipinski definition) is 4. The van der Waals surface area contributed by atoms with Crippen LogP contribution in [0.2, 0.25) is 0 Å². The Labute approximate surface area is 151 Å². The van der Waals surface area contributed by atoms with Gasteiger partial charge in [0, 0.05) is 31.2 Å². The van der Waals surface area contributed by atoms with Crippen LogP contribution in [-0.2, 0) is 11.2 Å². The number of nitrogens with zero attached hydrogens (tertiary/aromatic N) is 2. The van der Waals surface area contributed by atoms with E-state index in [0.717, 1.165) is 19.3 Å². The molecule has 25 heavy (non-hydrogen) atoms. The number of anilines is 1. The molecular weight excluding hydrogens is 336 g/mol. The molecule has 0 radical (unpaired) electrons. The van der Waals surface area contributed by atoms with Crippen LogP contribution in [0, 0.1) is 5.92 Å². The maximum Gasteiger partial charge on any atom is 0.317 e. The molecule has 0 aliphatic carbocycles. The molecule has 1 saturated heterocycles. The number of piperidine rings is 1. The molecule has 2 N–H and O–H groups in total. The summed E-state index contributed by atoms with van der Waals surface area (Å²) in [6.07, 6.45) is 4.09. The summed E-state index contributed by atoms with van der Waals surface area (Å²) < 4.78 is 0. The van der Waals surface area contributed by atoms with Crippen molar-refractivity contribution in [2.24, 2.45) is 5.92 Å². The predicted octanol–water partition coefficient (Wildman–Crippen LogP) is 2.75. The predicted molar refractivity (Wildman–Crippen MR) is 98.6 cm³/mol. The molecule has 3 amide bonds. The van der Waals surface area contributed by atoms with Gasteiger partial charge in [-0.1, -0.05) is 30.3 Å². The number of amides is 3. The van der Waals surface area contributed by atoms with Crippen molar-refractivity contribution in [3.63, 3.8) is 0 Å². The Morgan fingerprint density at radius 1 is 1.28 bits per heavy atom. The number of aromatic nitrogens is 1. The van der Waals surface area contributed by atoms with Crippen LogP contribution in [0.4, 0.5) is 9.93 Å². The van der Waals surface area contributed by atoms with E-state index in [1.807, 2.05) is 35.7 Å². The fourth-order valence-corrected chi connectivity index (χ4v) is 3.47. The number of rotatable bonds is 5. The van der Waals surface area contributed by atoms with Crippen LogP contribution < -0.4 is 10.6 Å². The number of carbonyl (C=O) groups is 2. The van der Waals surface area contributed by atoms with Gasteiger partial charge >= 0.3 is 6.03 Å². The van der Waals surface area contributed by atoms with Gasteiger partial charge in [-0.2, -0.15) is 0 Å². The Bertz CT molecular complexity index is 690. The summed E-state index contributed by atoms with van der Waals surface area (Å²) in [6, 6.07) is 9.97. The number of likely N-dealkylation sites (tertiary alicyclic amines) is 1. The summed E-state index contributed by atoms with van der Waals surface area (Å²) in [5.41, 5.74) is 1.20. The quantitative estimate of drug-likeness (QED) is 0.863. The Kier molecular flexibility index (Phi) is 6.00. The maximum atomic E-state index is 12.3. The minimum absolute atomic E-state index is 0.0586. The first kappa shape index (κ1) is 17.4. The third-order valence-corrected chi connectivity index (χ3v) is 4.96. The highest BCUT2D eigenvalue weighted by molar-refractivity contribution is 7.13. The first-order chi connectivity index (χ1) is 12.2. The van der Waals surface area contributed by atoms with Gasteiger partial charge in [0.1, 0.15) is 0 Å². The minimum atomic E-state index is -0.183. The molecule has 0 saturated carbocycles. The van der Waals surface area contributed by atoms with Gasteiger partial charge in [0.15, 0.2) is 5.13 Å². The molecule has 1 aliphatic heterocycles. The molecule has 2 heterocycles. The first-order valence-electron chi connectivity index (χ1n) is 8.49. The molecule has 132 valence electrons. The van der Waals surface area contributed by atoms with Gasteiger partial charge in [-0.15, -0.1) is 11.3 Å². The Morgan fingerprint density at radius 3 is 2.88 bits per heavy atom. The van der Waals surface area contributed by atoms with Gasteiger partial charge < -0.3 is 15.5 Å². The zero-order valence-electron chi connectivity index (χ0n) is 14.0. The molecule has 1 aromatic carbocycles. The second-order valence-corrected chi connectivity index (χ2v) is 6.97. The van der Waals surface area contributed by atoms with Crippen LogP contribution in [0.5, 0.6) is 0 Å². The summed E-state index contributed by atoms with van der Waals surface area (Å²) in [4.78, 5) is 30.5. The van der Waals surface area contributed by atoms with Gasteiger partial charge in [-0.05, 0) is 24.8 Å². The smallest absolute Gasteiger partial charge is 0.317 e. The summed E-state index contributed by atoms with van der Waals surface area (Å²) in [6.45, 7) is 1.74. The molecule has 6 nitrogen and oxygen atoms in total. The molecule has 1 aromatic heterocycles. The van der Waals surface area contributed by atoms with Crippen LogP contribution in [0.15, 0.2) is 41.9 Å². The number of carbonyl (C=O) groups excluding carboxylic acids is 2. The fourth-order valence-electron chi connectivity index (χ4n) is 2.94. The van der Waals surface area contributed by atoms with Crippen molar-refractivity contribution in [3.8, 4) is 0 Å². The lowest BCUT2D eigenvalue weighted by Gasteiger charge is -2.31. The Hall–Kier alpha value is -2.41. The van der Waals surface area contributed by atoms with Gasteiger partial charge in [-0.3, -0.25) is 4.79 Å². The molecule has 0 unspecified atom stereocenters. The Morgan fingerprint density at radius 2 is 2.12 bits per heavy atom. The van der Waals surface area contributed by atoms with Crippen molar-refractivity contribution in [1.29, 1.82) is 0 Å². The second-order valence-electron chi connectivity index (χ2n) is 6.08. The monoisotopic (exact) mass is 358 g/mol. The van der Waals surface area contributed by atoms with E-state index in [9.17, 15) is 9.59 Å². The lowest BCUT2D eigenvalue weighted by atomic mass is 9.97. The number of nitrogens with one attached hydrogen (secondary N) is 2. The maximum absolute atomic E-state index is 12.3. The van der Waals surface area contributed by atoms with Gasteiger partial charge in [0.05, 0.1) is 5.92 Å². The Balaban J connectivity index is 1.45. The third-order valence-electron chi connectivity index (χ3n) is 4.27. The third kappa shape index (κ3) is 5.03. The summed E-state index contributed by atoms with van der Waals surface area (Å²) in [7, 11) is 0. The molecule has 0 bridgehead atoms. The van der Waals surface area contributed by atoms with Crippen LogP contribution in [0.1, 0.15) is 18.4 Å². The summed E-state index contributed by atoms with van der Waals surface area (Å²) >= 11 is 1.40. The lowest BCUT2D eigenvalue weighted by molar-refractivity contribution is -0.121. The number of urea groups is 1. The molecule has 1 aliphatic rings. The molecule has 3 rings (SSSR count).